The molecule has 0 amide bonds. The van der Waals surface area contributed by atoms with Crippen LogP contribution in [0.15, 0.2) is 24.3 Å². The van der Waals surface area contributed by atoms with E-state index in [4.69, 9.17) is 4.74 Å². The Kier molecular flexibility index (Phi) is 5.33. The van der Waals surface area contributed by atoms with Crippen LogP contribution in [0, 0.1) is 0 Å². The molecular formula is C14H23NO. The number of benzene rings is 1. The van der Waals surface area contributed by atoms with E-state index in [1.165, 1.54) is 5.56 Å². The van der Waals surface area contributed by atoms with Crippen molar-refractivity contribution in [2.45, 2.75) is 39.7 Å². The lowest BCUT2D eigenvalue weighted by atomic mass is 10.0. The fourth-order valence-electron chi connectivity index (χ4n) is 1.47. The summed E-state index contributed by atoms with van der Waals surface area (Å²) < 4.78 is 5.63. The Labute approximate surface area is 99.0 Å². The molecule has 2 nitrogen and oxygen atoms in total. The number of ether oxygens (including phenoxy) is 1. The van der Waals surface area contributed by atoms with E-state index in [1.54, 1.807) is 0 Å². The van der Waals surface area contributed by atoms with Gasteiger partial charge in [0.2, 0.25) is 0 Å². The second-order valence-electron chi connectivity index (χ2n) is 4.68. The van der Waals surface area contributed by atoms with E-state index in [2.05, 4.69) is 45.1 Å². The molecule has 0 radical (unpaired) electrons. The van der Waals surface area contributed by atoms with E-state index in [9.17, 15) is 0 Å². The molecule has 0 aliphatic heterocycles. The molecular weight excluding hydrogens is 198 g/mol. The van der Waals surface area contributed by atoms with Gasteiger partial charge in [0.05, 0.1) is 0 Å². The van der Waals surface area contributed by atoms with Gasteiger partial charge in [0.15, 0.2) is 0 Å². The van der Waals surface area contributed by atoms with Crippen LogP contribution in [0.1, 0.15) is 39.2 Å². The standard InChI is InChI=1S/C14H23NO/c1-11(2)13-5-7-14(8-6-13)16-10-9-15-12(3)4/h5-8,11-12,15H,9-10H2,1-4H3. The summed E-state index contributed by atoms with van der Waals surface area (Å²) in [4.78, 5) is 0. The number of nitrogens with one attached hydrogen (secondary N) is 1. The third kappa shape index (κ3) is 4.67. The summed E-state index contributed by atoms with van der Waals surface area (Å²) in [7, 11) is 0. The smallest absolute Gasteiger partial charge is 0.119 e. The molecule has 90 valence electrons. The molecule has 2 heteroatoms. The number of rotatable bonds is 6. The molecule has 0 atom stereocenters. The van der Waals surface area contributed by atoms with Gasteiger partial charge >= 0.3 is 0 Å². The van der Waals surface area contributed by atoms with E-state index < -0.39 is 0 Å². The van der Waals surface area contributed by atoms with Crippen LogP contribution in [0.4, 0.5) is 0 Å². The topological polar surface area (TPSA) is 21.3 Å². The van der Waals surface area contributed by atoms with Crippen LogP contribution in [0.2, 0.25) is 0 Å². The summed E-state index contributed by atoms with van der Waals surface area (Å²) in [6.45, 7) is 10.3. The zero-order valence-electron chi connectivity index (χ0n) is 10.8. The van der Waals surface area contributed by atoms with Gasteiger partial charge in [-0.2, -0.15) is 0 Å². The molecule has 0 aliphatic carbocycles. The minimum Gasteiger partial charge on any atom is -0.492 e. The Morgan fingerprint density at radius 2 is 1.69 bits per heavy atom. The molecule has 0 spiro atoms. The maximum Gasteiger partial charge on any atom is 0.119 e. The Hall–Kier alpha value is -1.02. The zero-order chi connectivity index (χ0) is 12.0. The molecule has 0 saturated heterocycles. The third-order valence-corrected chi connectivity index (χ3v) is 2.47. The van der Waals surface area contributed by atoms with Crippen molar-refractivity contribution < 1.29 is 4.74 Å². The number of hydrogen-bond acceptors (Lipinski definition) is 2. The summed E-state index contributed by atoms with van der Waals surface area (Å²) in [6.07, 6.45) is 0. The quantitative estimate of drug-likeness (QED) is 0.745. The predicted molar refractivity (Wildman–Crippen MR) is 69.2 cm³/mol. The van der Waals surface area contributed by atoms with E-state index in [-0.39, 0.29) is 0 Å². The first-order chi connectivity index (χ1) is 7.59. The minimum absolute atomic E-state index is 0.520. The van der Waals surface area contributed by atoms with Gasteiger partial charge in [-0.05, 0) is 23.6 Å². The lowest BCUT2D eigenvalue weighted by molar-refractivity contribution is 0.309. The second kappa shape index (κ2) is 6.54. The molecule has 16 heavy (non-hydrogen) atoms. The maximum atomic E-state index is 5.63. The fourth-order valence-corrected chi connectivity index (χ4v) is 1.47. The molecule has 1 aromatic rings. The highest BCUT2D eigenvalue weighted by molar-refractivity contribution is 5.28. The average molecular weight is 221 g/mol. The first-order valence-electron chi connectivity index (χ1n) is 6.05. The molecule has 1 rings (SSSR count). The largest absolute Gasteiger partial charge is 0.492 e. The van der Waals surface area contributed by atoms with E-state index in [0.717, 1.165) is 18.9 Å². The van der Waals surface area contributed by atoms with Crippen molar-refractivity contribution in [2.24, 2.45) is 0 Å². The first kappa shape index (κ1) is 13.0. The second-order valence-corrected chi connectivity index (χ2v) is 4.68. The van der Waals surface area contributed by atoms with Crippen molar-refractivity contribution in [1.29, 1.82) is 0 Å². The van der Waals surface area contributed by atoms with Crippen LogP contribution < -0.4 is 10.1 Å². The SMILES string of the molecule is CC(C)NCCOc1ccc(C(C)C)cc1. The fraction of sp³-hybridized carbons (Fsp3) is 0.571. The highest BCUT2D eigenvalue weighted by atomic mass is 16.5. The van der Waals surface area contributed by atoms with Crippen molar-refractivity contribution in [2.75, 3.05) is 13.2 Å². The summed E-state index contributed by atoms with van der Waals surface area (Å²) in [6, 6.07) is 8.88. The molecule has 0 saturated carbocycles. The van der Waals surface area contributed by atoms with Gasteiger partial charge in [-0.3, -0.25) is 0 Å². The lowest BCUT2D eigenvalue weighted by Crippen LogP contribution is -2.27. The first-order valence-corrected chi connectivity index (χ1v) is 6.05. The van der Waals surface area contributed by atoms with Crippen LogP contribution in [0.25, 0.3) is 0 Å². The Balaban J connectivity index is 2.32. The average Bonchev–Trinajstić information content (AvgIpc) is 2.25. The maximum absolute atomic E-state index is 5.63. The highest BCUT2D eigenvalue weighted by Crippen LogP contribution is 2.18. The summed E-state index contributed by atoms with van der Waals surface area (Å²) in [5, 5.41) is 3.32. The molecule has 1 N–H and O–H groups in total. The van der Waals surface area contributed by atoms with Gasteiger partial charge in [-0.15, -0.1) is 0 Å². The summed E-state index contributed by atoms with van der Waals surface area (Å²) >= 11 is 0. The van der Waals surface area contributed by atoms with Crippen LogP contribution in [0.5, 0.6) is 5.75 Å². The van der Waals surface area contributed by atoms with E-state index in [1.807, 2.05) is 12.1 Å². The van der Waals surface area contributed by atoms with Crippen LogP contribution in [0.3, 0.4) is 0 Å². The van der Waals surface area contributed by atoms with E-state index in [0.29, 0.717) is 12.0 Å². The molecule has 0 unspecified atom stereocenters. The molecule has 0 heterocycles. The van der Waals surface area contributed by atoms with Crippen LogP contribution in [-0.4, -0.2) is 19.2 Å². The molecule has 0 fully saturated rings. The Bertz CT molecular complexity index is 290. The molecule has 0 bridgehead atoms. The Morgan fingerprint density at radius 1 is 1.06 bits per heavy atom. The van der Waals surface area contributed by atoms with Gasteiger partial charge < -0.3 is 10.1 Å². The van der Waals surface area contributed by atoms with Crippen LogP contribution >= 0.6 is 0 Å². The van der Waals surface area contributed by atoms with Gasteiger partial charge in [-0.25, -0.2) is 0 Å². The van der Waals surface area contributed by atoms with Gasteiger partial charge in [0.1, 0.15) is 12.4 Å². The zero-order valence-corrected chi connectivity index (χ0v) is 10.8. The van der Waals surface area contributed by atoms with Crippen molar-refractivity contribution in [3.05, 3.63) is 29.8 Å². The molecule has 1 aromatic carbocycles. The van der Waals surface area contributed by atoms with Crippen molar-refractivity contribution in [3.63, 3.8) is 0 Å². The highest BCUT2D eigenvalue weighted by Gasteiger charge is 1.99. The Morgan fingerprint density at radius 3 is 2.19 bits per heavy atom. The van der Waals surface area contributed by atoms with Crippen molar-refractivity contribution in [1.82, 2.24) is 5.32 Å². The van der Waals surface area contributed by atoms with Gasteiger partial charge in [0.25, 0.3) is 0 Å². The third-order valence-electron chi connectivity index (χ3n) is 2.47. The minimum atomic E-state index is 0.520. The molecule has 0 aliphatic rings. The lowest BCUT2D eigenvalue weighted by Gasteiger charge is -2.10. The normalized spacial score (nSPS) is 11.1. The van der Waals surface area contributed by atoms with Gasteiger partial charge in [-0.1, -0.05) is 39.8 Å². The van der Waals surface area contributed by atoms with E-state index >= 15 is 0 Å². The number of hydrogen-bond donors (Lipinski definition) is 1. The summed E-state index contributed by atoms with van der Waals surface area (Å²) in [5.41, 5.74) is 1.35. The van der Waals surface area contributed by atoms with Crippen LogP contribution in [-0.2, 0) is 0 Å². The van der Waals surface area contributed by atoms with Gasteiger partial charge in [0, 0.05) is 12.6 Å². The van der Waals surface area contributed by atoms with Crippen molar-refractivity contribution in [3.8, 4) is 5.75 Å². The predicted octanol–water partition coefficient (Wildman–Crippen LogP) is 3.19. The monoisotopic (exact) mass is 221 g/mol. The molecule has 0 aromatic heterocycles. The summed E-state index contributed by atoms with van der Waals surface area (Å²) in [5.74, 6) is 1.53. The van der Waals surface area contributed by atoms with Crippen molar-refractivity contribution >= 4 is 0 Å².